The van der Waals surface area contributed by atoms with Crippen molar-refractivity contribution in [2.24, 2.45) is 0 Å². The number of rotatable bonds is 3. The van der Waals surface area contributed by atoms with Crippen LogP contribution >= 0.6 is 0 Å². The van der Waals surface area contributed by atoms with Crippen LogP contribution in [0.5, 0.6) is 0 Å². The van der Waals surface area contributed by atoms with E-state index in [1.165, 1.54) is 0 Å². The lowest BCUT2D eigenvalue weighted by atomic mass is 9.82. The molecule has 0 bridgehead atoms. The average molecular weight is 194 g/mol. The van der Waals surface area contributed by atoms with E-state index >= 15 is 0 Å². The topological polar surface area (TPSA) is 46.5 Å². The van der Waals surface area contributed by atoms with Gasteiger partial charge in [-0.25, -0.2) is 4.79 Å². The highest BCUT2D eigenvalue weighted by atomic mass is 17.1. The van der Waals surface area contributed by atoms with Crippen molar-refractivity contribution in [3.05, 3.63) is 35.9 Å². The summed E-state index contributed by atoms with van der Waals surface area (Å²) in [5.74, 6) is -0.612. The maximum absolute atomic E-state index is 10.9. The Labute approximate surface area is 83.3 Å². The molecule has 76 valence electrons. The van der Waals surface area contributed by atoms with Gasteiger partial charge in [0, 0.05) is 5.41 Å². The van der Waals surface area contributed by atoms with Gasteiger partial charge in [-0.15, -0.1) is 0 Å². The Hall–Kier alpha value is -1.35. The van der Waals surface area contributed by atoms with Crippen LogP contribution in [0.2, 0.25) is 0 Å². The van der Waals surface area contributed by atoms with Gasteiger partial charge in [-0.1, -0.05) is 44.2 Å². The number of carbonyl (C=O) groups is 1. The minimum atomic E-state index is -0.612. The van der Waals surface area contributed by atoms with E-state index in [1.807, 2.05) is 44.2 Å². The molecule has 3 nitrogen and oxygen atoms in total. The zero-order valence-electron chi connectivity index (χ0n) is 8.36. The molecule has 3 heteroatoms. The first-order chi connectivity index (χ1) is 6.56. The molecule has 0 amide bonds. The highest BCUT2D eigenvalue weighted by molar-refractivity contribution is 5.70. The van der Waals surface area contributed by atoms with Gasteiger partial charge < -0.3 is 4.89 Å². The van der Waals surface area contributed by atoms with Crippen molar-refractivity contribution < 1.29 is 14.9 Å². The fourth-order valence-electron chi connectivity index (χ4n) is 1.38. The molecular formula is C11H14O3. The molecule has 0 saturated carbocycles. The number of hydrogen-bond acceptors (Lipinski definition) is 3. The molecule has 0 aromatic heterocycles. The monoisotopic (exact) mass is 194 g/mol. The summed E-state index contributed by atoms with van der Waals surface area (Å²) in [5.41, 5.74) is 0.728. The molecule has 1 aromatic carbocycles. The maximum atomic E-state index is 10.9. The standard InChI is InChI=1S/C11H14O3/c1-11(2,8-10(12)14-13)9-6-4-3-5-7-9/h3-7,13H,8H2,1-2H3. The molecule has 0 heterocycles. The van der Waals surface area contributed by atoms with Crippen LogP contribution in [-0.2, 0) is 15.1 Å². The fourth-order valence-corrected chi connectivity index (χ4v) is 1.38. The van der Waals surface area contributed by atoms with Crippen LogP contribution in [0.3, 0.4) is 0 Å². The van der Waals surface area contributed by atoms with E-state index in [2.05, 4.69) is 4.89 Å². The van der Waals surface area contributed by atoms with Crippen LogP contribution in [0.1, 0.15) is 25.8 Å². The van der Waals surface area contributed by atoms with Crippen molar-refractivity contribution in [1.82, 2.24) is 0 Å². The van der Waals surface area contributed by atoms with Crippen LogP contribution in [0, 0.1) is 0 Å². The molecule has 1 rings (SSSR count). The highest BCUT2D eigenvalue weighted by Crippen LogP contribution is 2.26. The Kier molecular flexibility index (Phi) is 3.25. The van der Waals surface area contributed by atoms with Crippen LogP contribution in [0.4, 0.5) is 0 Å². The second kappa shape index (κ2) is 4.24. The summed E-state index contributed by atoms with van der Waals surface area (Å²) >= 11 is 0. The van der Waals surface area contributed by atoms with Crippen LogP contribution in [-0.4, -0.2) is 11.2 Å². The van der Waals surface area contributed by atoms with E-state index in [1.54, 1.807) is 0 Å². The molecule has 0 aliphatic carbocycles. The van der Waals surface area contributed by atoms with E-state index in [9.17, 15) is 4.79 Å². The molecule has 0 atom stereocenters. The summed E-state index contributed by atoms with van der Waals surface area (Å²) in [6.45, 7) is 3.86. The third-order valence-electron chi connectivity index (χ3n) is 2.24. The molecule has 0 fully saturated rings. The van der Waals surface area contributed by atoms with E-state index < -0.39 is 5.97 Å². The van der Waals surface area contributed by atoms with Crippen molar-refractivity contribution >= 4 is 5.97 Å². The first-order valence-corrected chi connectivity index (χ1v) is 4.46. The molecule has 0 unspecified atom stereocenters. The van der Waals surface area contributed by atoms with Gasteiger partial charge in [0.2, 0.25) is 0 Å². The smallest absolute Gasteiger partial charge is 0.301 e. The third kappa shape index (κ3) is 2.57. The quantitative estimate of drug-likeness (QED) is 0.593. The van der Waals surface area contributed by atoms with Gasteiger partial charge in [0.05, 0.1) is 6.42 Å². The van der Waals surface area contributed by atoms with Crippen LogP contribution < -0.4 is 0 Å². The van der Waals surface area contributed by atoms with Crippen molar-refractivity contribution in [2.75, 3.05) is 0 Å². The lowest BCUT2D eigenvalue weighted by Gasteiger charge is -2.23. The Bertz CT molecular complexity index is 304. The average Bonchev–Trinajstić information content (AvgIpc) is 2.18. The van der Waals surface area contributed by atoms with E-state index in [4.69, 9.17) is 5.26 Å². The molecule has 0 radical (unpaired) electrons. The van der Waals surface area contributed by atoms with Gasteiger partial charge in [0.25, 0.3) is 0 Å². The Morgan fingerprint density at radius 3 is 2.43 bits per heavy atom. The summed E-state index contributed by atoms with van der Waals surface area (Å²) in [7, 11) is 0. The Morgan fingerprint density at radius 1 is 1.36 bits per heavy atom. The minimum absolute atomic E-state index is 0.160. The van der Waals surface area contributed by atoms with E-state index in [0.29, 0.717) is 0 Å². The molecule has 0 spiro atoms. The summed E-state index contributed by atoms with van der Waals surface area (Å²) in [6, 6.07) is 9.65. The summed E-state index contributed by atoms with van der Waals surface area (Å²) < 4.78 is 0. The summed E-state index contributed by atoms with van der Waals surface area (Å²) in [5, 5.41) is 8.20. The van der Waals surface area contributed by atoms with E-state index in [-0.39, 0.29) is 11.8 Å². The predicted molar refractivity (Wildman–Crippen MR) is 52.8 cm³/mol. The van der Waals surface area contributed by atoms with Gasteiger partial charge >= 0.3 is 5.97 Å². The molecule has 0 saturated heterocycles. The third-order valence-corrected chi connectivity index (χ3v) is 2.24. The molecule has 1 aromatic rings. The number of carbonyl (C=O) groups excluding carboxylic acids is 1. The minimum Gasteiger partial charge on any atom is -0.301 e. The second-order valence-corrected chi connectivity index (χ2v) is 3.89. The lowest BCUT2D eigenvalue weighted by molar-refractivity contribution is -0.235. The van der Waals surface area contributed by atoms with Crippen LogP contribution in [0.25, 0.3) is 0 Å². The zero-order valence-corrected chi connectivity index (χ0v) is 8.36. The van der Waals surface area contributed by atoms with Gasteiger partial charge in [0.15, 0.2) is 0 Å². The number of hydrogen-bond donors (Lipinski definition) is 1. The van der Waals surface area contributed by atoms with Crippen molar-refractivity contribution in [2.45, 2.75) is 25.7 Å². The SMILES string of the molecule is CC(C)(CC(=O)OO)c1ccccc1. The maximum Gasteiger partial charge on any atom is 0.342 e. The van der Waals surface area contributed by atoms with Crippen LogP contribution in [0.15, 0.2) is 30.3 Å². The molecule has 0 aliphatic heterocycles. The first kappa shape index (κ1) is 10.7. The second-order valence-electron chi connectivity index (χ2n) is 3.89. The largest absolute Gasteiger partial charge is 0.342 e. The summed E-state index contributed by atoms with van der Waals surface area (Å²) in [4.78, 5) is 14.6. The highest BCUT2D eigenvalue weighted by Gasteiger charge is 2.24. The number of benzene rings is 1. The van der Waals surface area contributed by atoms with Crippen molar-refractivity contribution in [3.8, 4) is 0 Å². The lowest BCUT2D eigenvalue weighted by Crippen LogP contribution is -2.22. The van der Waals surface area contributed by atoms with Crippen molar-refractivity contribution in [3.63, 3.8) is 0 Å². The van der Waals surface area contributed by atoms with Gasteiger partial charge in [-0.2, -0.15) is 5.26 Å². The van der Waals surface area contributed by atoms with Gasteiger partial charge in [-0.3, -0.25) is 0 Å². The fraction of sp³-hybridized carbons (Fsp3) is 0.364. The molecular weight excluding hydrogens is 180 g/mol. The molecule has 1 N–H and O–H groups in total. The Morgan fingerprint density at radius 2 is 1.93 bits per heavy atom. The normalized spacial score (nSPS) is 11.1. The van der Waals surface area contributed by atoms with Gasteiger partial charge in [0.1, 0.15) is 0 Å². The van der Waals surface area contributed by atoms with E-state index in [0.717, 1.165) is 5.56 Å². The van der Waals surface area contributed by atoms with Crippen molar-refractivity contribution in [1.29, 1.82) is 0 Å². The first-order valence-electron chi connectivity index (χ1n) is 4.46. The predicted octanol–water partition coefficient (Wildman–Crippen LogP) is 2.37. The van der Waals surface area contributed by atoms with Gasteiger partial charge in [-0.05, 0) is 5.56 Å². The summed E-state index contributed by atoms with van der Waals surface area (Å²) in [6.07, 6.45) is 0.160. The molecule has 14 heavy (non-hydrogen) atoms. The molecule has 0 aliphatic rings. The Balaban J connectivity index is 2.80. The zero-order chi connectivity index (χ0) is 10.6.